The van der Waals surface area contributed by atoms with Gasteiger partial charge in [-0.25, -0.2) is 0 Å². The van der Waals surface area contributed by atoms with E-state index in [0.29, 0.717) is 19.0 Å². The fourth-order valence-electron chi connectivity index (χ4n) is 2.63. The molecule has 1 unspecified atom stereocenters. The minimum absolute atomic E-state index is 0.0350. The number of phenolic OH excluding ortho intramolecular Hbond substituents is 2. The molecule has 21 heavy (non-hydrogen) atoms. The van der Waals surface area contributed by atoms with Crippen LogP contribution in [0.3, 0.4) is 0 Å². The molecule has 110 valence electrons. The average molecular weight is 303 g/mol. The van der Waals surface area contributed by atoms with Crippen LogP contribution in [0.15, 0.2) is 40.7 Å². The van der Waals surface area contributed by atoms with Crippen LogP contribution in [0.5, 0.6) is 11.5 Å². The van der Waals surface area contributed by atoms with Crippen molar-refractivity contribution >= 4 is 17.3 Å². The second-order valence-electron chi connectivity index (χ2n) is 5.35. The zero-order chi connectivity index (χ0) is 15.0. The summed E-state index contributed by atoms with van der Waals surface area (Å²) in [5, 5.41) is 21.5. The van der Waals surface area contributed by atoms with Crippen LogP contribution < -0.4 is 5.73 Å². The van der Waals surface area contributed by atoms with Crippen LogP contribution in [-0.4, -0.2) is 27.6 Å². The zero-order valence-electron chi connectivity index (χ0n) is 11.7. The Labute approximate surface area is 127 Å². The van der Waals surface area contributed by atoms with Crippen molar-refractivity contribution in [2.24, 2.45) is 10.7 Å². The van der Waals surface area contributed by atoms with Crippen molar-refractivity contribution in [3.05, 3.63) is 46.2 Å². The molecule has 1 atom stereocenters. The van der Waals surface area contributed by atoms with E-state index in [0.717, 1.165) is 5.56 Å². The molecular weight excluding hydrogens is 286 g/mol. The van der Waals surface area contributed by atoms with Gasteiger partial charge < -0.3 is 20.8 Å². The molecule has 1 aromatic carbocycles. The SMILES string of the molecule is CC1(c2cc(O)cc(O)c2)CN=C(N)N1Cc1cccs1. The van der Waals surface area contributed by atoms with Crippen molar-refractivity contribution in [2.75, 3.05) is 6.54 Å². The molecule has 1 aliphatic rings. The second-order valence-corrected chi connectivity index (χ2v) is 6.38. The summed E-state index contributed by atoms with van der Waals surface area (Å²) in [6.07, 6.45) is 0. The molecule has 0 bridgehead atoms. The van der Waals surface area contributed by atoms with Gasteiger partial charge in [0.1, 0.15) is 11.5 Å². The number of aliphatic imine (C=N–C) groups is 1. The van der Waals surface area contributed by atoms with Gasteiger partial charge in [-0.15, -0.1) is 11.3 Å². The lowest BCUT2D eigenvalue weighted by Crippen LogP contribution is -2.46. The topological polar surface area (TPSA) is 82.1 Å². The summed E-state index contributed by atoms with van der Waals surface area (Å²) >= 11 is 1.66. The standard InChI is InChI=1S/C15H17N3O2S/c1-15(10-5-11(19)7-12(20)6-10)9-17-14(16)18(15)8-13-3-2-4-21-13/h2-7,19-20H,8-9H2,1H3,(H2,16,17). The van der Waals surface area contributed by atoms with Gasteiger partial charge in [0, 0.05) is 10.9 Å². The summed E-state index contributed by atoms with van der Waals surface area (Å²) in [4.78, 5) is 7.54. The quantitative estimate of drug-likeness (QED) is 0.812. The minimum Gasteiger partial charge on any atom is -0.508 e. The molecular formula is C15H17N3O2S. The smallest absolute Gasteiger partial charge is 0.192 e. The first kappa shape index (κ1) is 13.8. The van der Waals surface area contributed by atoms with Gasteiger partial charge in [-0.3, -0.25) is 4.99 Å². The van der Waals surface area contributed by atoms with E-state index < -0.39 is 5.54 Å². The van der Waals surface area contributed by atoms with Crippen molar-refractivity contribution in [2.45, 2.75) is 19.0 Å². The number of rotatable bonds is 3. The Morgan fingerprint density at radius 3 is 2.67 bits per heavy atom. The molecule has 2 heterocycles. The first-order valence-electron chi connectivity index (χ1n) is 6.62. The molecule has 0 radical (unpaired) electrons. The molecule has 0 spiro atoms. The highest BCUT2D eigenvalue weighted by Gasteiger charge is 2.40. The Hall–Kier alpha value is -2.21. The highest BCUT2D eigenvalue weighted by molar-refractivity contribution is 7.09. The van der Waals surface area contributed by atoms with E-state index in [9.17, 15) is 10.2 Å². The van der Waals surface area contributed by atoms with Crippen LogP contribution in [0, 0.1) is 0 Å². The van der Waals surface area contributed by atoms with Crippen LogP contribution in [0.2, 0.25) is 0 Å². The number of thiophene rings is 1. The molecule has 0 saturated carbocycles. The Morgan fingerprint density at radius 2 is 2.05 bits per heavy atom. The largest absolute Gasteiger partial charge is 0.508 e. The number of nitrogens with zero attached hydrogens (tertiary/aromatic N) is 2. The van der Waals surface area contributed by atoms with E-state index in [1.165, 1.54) is 10.9 Å². The molecule has 0 aliphatic carbocycles. The highest BCUT2D eigenvalue weighted by Crippen LogP contribution is 2.37. The monoisotopic (exact) mass is 303 g/mol. The van der Waals surface area contributed by atoms with Gasteiger partial charge in [-0.2, -0.15) is 0 Å². The number of phenols is 2. The van der Waals surface area contributed by atoms with Crippen molar-refractivity contribution in [3.63, 3.8) is 0 Å². The molecule has 1 aliphatic heterocycles. The first-order chi connectivity index (χ1) is 9.99. The number of hydrogen-bond donors (Lipinski definition) is 3. The minimum atomic E-state index is -0.482. The molecule has 0 saturated heterocycles. The summed E-state index contributed by atoms with van der Waals surface area (Å²) in [5.41, 5.74) is 6.35. The Kier molecular flexibility index (Phi) is 3.25. The van der Waals surface area contributed by atoms with Crippen LogP contribution in [0.4, 0.5) is 0 Å². The maximum atomic E-state index is 9.73. The number of nitrogens with two attached hydrogens (primary N) is 1. The van der Waals surface area contributed by atoms with E-state index in [1.54, 1.807) is 23.5 Å². The maximum Gasteiger partial charge on any atom is 0.192 e. The third-order valence-corrected chi connectivity index (χ3v) is 4.70. The summed E-state index contributed by atoms with van der Waals surface area (Å²) in [6.45, 7) is 3.16. The fourth-order valence-corrected chi connectivity index (χ4v) is 3.32. The molecule has 1 aromatic heterocycles. The maximum absolute atomic E-state index is 9.73. The molecule has 0 amide bonds. The molecule has 6 heteroatoms. The molecule has 2 aromatic rings. The molecule has 3 rings (SSSR count). The number of benzene rings is 1. The first-order valence-corrected chi connectivity index (χ1v) is 7.50. The van der Waals surface area contributed by atoms with Crippen molar-refractivity contribution < 1.29 is 10.2 Å². The number of guanidine groups is 1. The average Bonchev–Trinajstić information content (AvgIpc) is 3.02. The van der Waals surface area contributed by atoms with E-state index >= 15 is 0 Å². The second kappa shape index (κ2) is 4.96. The summed E-state index contributed by atoms with van der Waals surface area (Å²) in [7, 11) is 0. The van der Waals surface area contributed by atoms with Crippen molar-refractivity contribution in [3.8, 4) is 11.5 Å². The van der Waals surface area contributed by atoms with Crippen LogP contribution in [-0.2, 0) is 12.1 Å². The van der Waals surface area contributed by atoms with Gasteiger partial charge in [0.15, 0.2) is 5.96 Å². The van der Waals surface area contributed by atoms with Crippen LogP contribution in [0.1, 0.15) is 17.4 Å². The van der Waals surface area contributed by atoms with Gasteiger partial charge in [-0.05, 0) is 36.1 Å². The van der Waals surface area contributed by atoms with Crippen molar-refractivity contribution in [1.29, 1.82) is 0 Å². The lowest BCUT2D eigenvalue weighted by molar-refractivity contribution is 0.218. The Bertz CT molecular complexity index is 664. The third kappa shape index (κ3) is 2.42. The fraction of sp³-hybridized carbons (Fsp3) is 0.267. The summed E-state index contributed by atoms with van der Waals surface area (Å²) in [6, 6.07) is 8.66. The molecule has 4 N–H and O–H groups in total. The molecule has 5 nitrogen and oxygen atoms in total. The zero-order valence-corrected chi connectivity index (χ0v) is 12.5. The van der Waals surface area contributed by atoms with E-state index in [2.05, 4.69) is 11.1 Å². The van der Waals surface area contributed by atoms with Gasteiger partial charge >= 0.3 is 0 Å². The number of hydrogen-bond acceptors (Lipinski definition) is 6. The third-order valence-electron chi connectivity index (χ3n) is 3.84. The van der Waals surface area contributed by atoms with Gasteiger partial charge in [0.25, 0.3) is 0 Å². The van der Waals surface area contributed by atoms with E-state index in [4.69, 9.17) is 5.73 Å². The summed E-state index contributed by atoms with van der Waals surface area (Å²) in [5.74, 6) is 0.550. The Balaban J connectivity index is 1.98. The predicted octanol–water partition coefficient (Wildman–Crippen LogP) is 2.21. The predicted molar refractivity (Wildman–Crippen MR) is 83.5 cm³/mol. The normalized spacial score (nSPS) is 21.6. The lowest BCUT2D eigenvalue weighted by Gasteiger charge is -2.36. The lowest BCUT2D eigenvalue weighted by atomic mass is 9.90. The van der Waals surface area contributed by atoms with E-state index in [-0.39, 0.29) is 11.5 Å². The van der Waals surface area contributed by atoms with Crippen LogP contribution in [0.25, 0.3) is 0 Å². The van der Waals surface area contributed by atoms with Gasteiger partial charge in [0.05, 0.1) is 18.6 Å². The van der Waals surface area contributed by atoms with Gasteiger partial charge in [-0.1, -0.05) is 6.07 Å². The van der Waals surface area contributed by atoms with Gasteiger partial charge in [0.2, 0.25) is 0 Å². The molecule has 0 fully saturated rings. The number of aromatic hydroxyl groups is 2. The Morgan fingerprint density at radius 1 is 1.33 bits per heavy atom. The van der Waals surface area contributed by atoms with E-state index in [1.807, 2.05) is 23.3 Å². The van der Waals surface area contributed by atoms with Crippen molar-refractivity contribution in [1.82, 2.24) is 4.90 Å². The highest BCUT2D eigenvalue weighted by atomic mass is 32.1. The van der Waals surface area contributed by atoms with Crippen LogP contribution >= 0.6 is 11.3 Å². The summed E-state index contributed by atoms with van der Waals surface area (Å²) < 4.78 is 0.